The molecule has 4 nitrogen and oxygen atoms in total. The standard InChI is InChI=1S/C20H20Cl2N2O2/c21-16-9-10-17(22)15(11-16)12-23-20(26)18-7-4-8-19(25)24(18)13-14-5-2-1-3-6-14/h1-3,5-6,9-11,18H,4,7-8,12-13H2,(H,23,26). The predicted molar refractivity (Wildman–Crippen MR) is 103 cm³/mol. The Hall–Kier alpha value is -2.04. The molecule has 1 saturated heterocycles. The number of benzene rings is 2. The number of halogens is 2. The van der Waals surface area contributed by atoms with Gasteiger partial charge < -0.3 is 10.2 Å². The van der Waals surface area contributed by atoms with E-state index in [0.717, 1.165) is 17.5 Å². The van der Waals surface area contributed by atoms with E-state index in [-0.39, 0.29) is 18.4 Å². The van der Waals surface area contributed by atoms with Crippen molar-refractivity contribution in [3.8, 4) is 0 Å². The van der Waals surface area contributed by atoms with Gasteiger partial charge in [-0.05, 0) is 42.2 Å². The molecule has 0 aliphatic carbocycles. The first-order valence-electron chi connectivity index (χ1n) is 8.59. The molecular weight excluding hydrogens is 371 g/mol. The lowest BCUT2D eigenvalue weighted by Gasteiger charge is -2.34. The van der Waals surface area contributed by atoms with Crippen molar-refractivity contribution in [2.24, 2.45) is 0 Å². The molecule has 2 aromatic rings. The number of hydrogen-bond donors (Lipinski definition) is 1. The maximum Gasteiger partial charge on any atom is 0.243 e. The molecule has 2 aromatic carbocycles. The lowest BCUT2D eigenvalue weighted by molar-refractivity contribution is -0.144. The van der Waals surface area contributed by atoms with E-state index in [0.29, 0.717) is 29.4 Å². The van der Waals surface area contributed by atoms with E-state index >= 15 is 0 Å². The summed E-state index contributed by atoms with van der Waals surface area (Å²) in [6.07, 6.45) is 1.87. The summed E-state index contributed by atoms with van der Waals surface area (Å²) in [6.45, 7) is 0.720. The molecule has 0 spiro atoms. The minimum atomic E-state index is -0.464. The van der Waals surface area contributed by atoms with Crippen molar-refractivity contribution in [3.63, 3.8) is 0 Å². The van der Waals surface area contributed by atoms with Gasteiger partial charge >= 0.3 is 0 Å². The Balaban J connectivity index is 1.69. The second-order valence-corrected chi connectivity index (χ2v) is 7.21. The fourth-order valence-corrected chi connectivity index (χ4v) is 3.53. The quantitative estimate of drug-likeness (QED) is 0.831. The number of nitrogens with zero attached hydrogens (tertiary/aromatic N) is 1. The van der Waals surface area contributed by atoms with Crippen LogP contribution in [0.1, 0.15) is 30.4 Å². The summed E-state index contributed by atoms with van der Waals surface area (Å²) in [5.41, 5.74) is 1.77. The zero-order valence-corrected chi connectivity index (χ0v) is 15.8. The van der Waals surface area contributed by atoms with Gasteiger partial charge in [-0.15, -0.1) is 0 Å². The highest BCUT2D eigenvalue weighted by Crippen LogP contribution is 2.23. The fraction of sp³-hybridized carbons (Fsp3) is 0.300. The highest BCUT2D eigenvalue weighted by Gasteiger charge is 2.33. The van der Waals surface area contributed by atoms with Gasteiger partial charge in [-0.2, -0.15) is 0 Å². The van der Waals surface area contributed by atoms with E-state index in [1.165, 1.54) is 0 Å². The lowest BCUT2D eigenvalue weighted by Crippen LogP contribution is -2.51. The minimum Gasteiger partial charge on any atom is -0.350 e. The molecule has 1 fully saturated rings. The van der Waals surface area contributed by atoms with Crippen LogP contribution in [0, 0.1) is 0 Å². The number of carbonyl (C=O) groups excluding carboxylic acids is 2. The first-order valence-corrected chi connectivity index (χ1v) is 9.35. The summed E-state index contributed by atoms with van der Waals surface area (Å²) in [4.78, 5) is 26.8. The molecule has 3 rings (SSSR count). The van der Waals surface area contributed by atoms with Gasteiger partial charge in [-0.25, -0.2) is 0 Å². The lowest BCUT2D eigenvalue weighted by atomic mass is 9.99. The zero-order valence-electron chi connectivity index (χ0n) is 14.3. The SMILES string of the molecule is O=C(NCc1cc(Cl)ccc1Cl)C1CCCC(=O)N1Cc1ccccc1. The van der Waals surface area contributed by atoms with Crippen LogP contribution in [0.25, 0.3) is 0 Å². The van der Waals surface area contributed by atoms with Gasteiger partial charge in [-0.1, -0.05) is 53.5 Å². The Kier molecular flexibility index (Phi) is 6.17. The number of hydrogen-bond acceptors (Lipinski definition) is 2. The van der Waals surface area contributed by atoms with E-state index in [1.54, 1.807) is 23.1 Å². The molecule has 1 atom stereocenters. The van der Waals surface area contributed by atoms with Crippen molar-refractivity contribution in [2.45, 2.75) is 38.4 Å². The maximum atomic E-state index is 12.7. The number of carbonyl (C=O) groups is 2. The molecule has 26 heavy (non-hydrogen) atoms. The molecule has 1 N–H and O–H groups in total. The van der Waals surface area contributed by atoms with Crippen molar-refractivity contribution in [2.75, 3.05) is 0 Å². The Bertz CT molecular complexity index is 796. The zero-order chi connectivity index (χ0) is 18.5. The molecule has 0 aromatic heterocycles. The molecule has 1 aliphatic heterocycles. The third kappa shape index (κ3) is 4.57. The second kappa shape index (κ2) is 8.56. The van der Waals surface area contributed by atoms with Crippen molar-refractivity contribution in [1.29, 1.82) is 0 Å². The largest absolute Gasteiger partial charge is 0.350 e. The van der Waals surface area contributed by atoms with Crippen LogP contribution in [0.4, 0.5) is 0 Å². The number of amides is 2. The van der Waals surface area contributed by atoms with Crippen LogP contribution in [0.2, 0.25) is 10.0 Å². The summed E-state index contributed by atoms with van der Waals surface area (Å²) in [7, 11) is 0. The Morgan fingerprint density at radius 2 is 1.92 bits per heavy atom. The van der Waals surface area contributed by atoms with Crippen LogP contribution in [-0.4, -0.2) is 22.8 Å². The molecule has 0 bridgehead atoms. The second-order valence-electron chi connectivity index (χ2n) is 6.37. The molecular formula is C20H20Cl2N2O2. The summed E-state index contributed by atoms with van der Waals surface area (Å²) in [5.74, 6) is -0.147. The normalized spacial score (nSPS) is 17.2. The van der Waals surface area contributed by atoms with Gasteiger partial charge in [0.05, 0.1) is 0 Å². The number of piperidine rings is 1. The molecule has 0 radical (unpaired) electrons. The van der Waals surface area contributed by atoms with Crippen LogP contribution in [0.3, 0.4) is 0 Å². The average Bonchev–Trinajstić information content (AvgIpc) is 2.64. The van der Waals surface area contributed by atoms with Gasteiger partial charge in [0.25, 0.3) is 0 Å². The first-order chi connectivity index (χ1) is 12.5. The van der Waals surface area contributed by atoms with Gasteiger partial charge in [0.2, 0.25) is 11.8 Å². The number of rotatable bonds is 5. The van der Waals surface area contributed by atoms with E-state index in [1.807, 2.05) is 30.3 Å². The molecule has 136 valence electrons. The van der Waals surface area contributed by atoms with Gasteiger partial charge in [0, 0.05) is 29.6 Å². The van der Waals surface area contributed by atoms with E-state index in [9.17, 15) is 9.59 Å². The van der Waals surface area contributed by atoms with Crippen LogP contribution < -0.4 is 5.32 Å². The minimum absolute atomic E-state index is 0.0149. The van der Waals surface area contributed by atoms with Gasteiger partial charge in [0.1, 0.15) is 6.04 Å². The third-order valence-corrected chi connectivity index (χ3v) is 5.13. The van der Waals surface area contributed by atoms with Crippen LogP contribution >= 0.6 is 23.2 Å². The highest BCUT2D eigenvalue weighted by molar-refractivity contribution is 6.33. The first kappa shape index (κ1) is 18.7. The molecule has 1 aliphatic rings. The Morgan fingerprint density at radius 3 is 2.69 bits per heavy atom. The number of nitrogens with one attached hydrogen (secondary N) is 1. The van der Waals surface area contributed by atoms with Crippen molar-refractivity contribution >= 4 is 35.0 Å². The smallest absolute Gasteiger partial charge is 0.243 e. The van der Waals surface area contributed by atoms with Crippen molar-refractivity contribution in [1.82, 2.24) is 10.2 Å². The molecule has 0 saturated carbocycles. The van der Waals surface area contributed by atoms with Crippen LogP contribution in [-0.2, 0) is 22.7 Å². The summed E-state index contributed by atoms with van der Waals surface area (Å²) < 4.78 is 0. The Morgan fingerprint density at radius 1 is 1.15 bits per heavy atom. The van der Waals surface area contributed by atoms with E-state index in [4.69, 9.17) is 23.2 Å². The fourth-order valence-electron chi connectivity index (χ4n) is 3.15. The van der Waals surface area contributed by atoms with Crippen LogP contribution in [0.5, 0.6) is 0 Å². The van der Waals surface area contributed by atoms with Crippen molar-refractivity contribution in [3.05, 3.63) is 69.7 Å². The predicted octanol–water partition coefficient (Wildman–Crippen LogP) is 4.19. The molecule has 2 amide bonds. The monoisotopic (exact) mass is 390 g/mol. The molecule has 1 heterocycles. The summed E-state index contributed by atoms with van der Waals surface area (Å²) in [6, 6.07) is 14.4. The third-order valence-electron chi connectivity index (χ3n) is 4.52. The average molecular weight is 391 g/mol. The van der Waals surface area contributed by atoms with E-state index < -0.39 is 6.04 Å². The summed E-state index contributed by atoms with van der Waals surface area (Å²) >= 11 is 12.1. The van der Waals surface area contributed by atoms with Crippen LogP contribution in [0.15, 0.2) is 48.5 Å². The molecule has 1 unspecified atom stereocenters. The topological polar surface area (TPSA) is 49.4 Å². The van der Waals surface area contributed by atoms with Gasteiger partial charge in [0.15, 0.2) is 0 Å². The maximum absolute atomic E-state index is 12.7. The number of likely N-dealkylation sites (tertiary alicyclic amines) is 1. The van der Waals surface area contributed by atoms with Gasteiger partial charge in [-0.3, -0.25) is 9.59 Å². The van der Waals surface area contributed by atoms with Crippen molar-refractivity contribution < 1.29 is 9.59 Å². The Labute approximate surface area is 163 Å². The molecule has 6 heteroatoms. The van der Waals surface area contributed by atoms with E-state index in [2.05, 4.69) is 5.32 Å². The highest BCUT2D eigenvalue weighted by atomic mass is 35.5. The summed E-state index contributed by atoms with van der Waals surface area (Å²) in [5, 5.41) is 4.02.